The Morgan fingerprint density at radius 1 is 1.39 bits per heavy atom. The molecule has 0 atom stereocenters. The van der Waals surface area contributed by atoms with Crippen molar-refractivity contribution in [2.45, 2.75) is 13.5 Å². The zero-order valence-electron chi connectivity index (χ0n) is 9.72. The van der Waals surface area contributed by atoms with Gasteiger partial charge in [0, 0.05) is 6.07 Å². The quantitative estimate of drug-likeness (QED) is 0.805. The number of aromatic nitrogens is 2. The maximum atomic E-state index is 12.7. The number of nitrogens with zero attached hydrogens (tertiary/aromatic N) is 3. The summed E-state index contributed by atoms with van der Waals surface area (Å²) >= 11 is 0. The van der Waals surface area contributed by atoms with Gasteiger partial charge >= 0.3 is 0 Å². The molecule has 0 fully saturated rings. The lowest BCUT2D eigenvalue weighted by Crippen LogP contribution is -2.24. The lowest BCUT2D eigenvalue weighted by atomic mass is 10.2. The third-order valence-corrected chi connectivity index (χ3v) is 2.55. The molecule has 2 aromatic rings. The zero-order valence-corrected chi connectivity index (χ0v) is 9.72. The largest absolute Gasteiger partial charge is 0.268 e. The average molecular weight is 243 g/mol. The number of nitriles is 1. The molecule has 2 rings (SSSR count). The van der Waals surface area contributed by atoms with Crippen molar-refractivity contribution in [3.63, 3.8) is 0 Å². The summed E-state index contributed by atoms with van der Waals surface area (Å²) in [5.41, 5.74) is 1.20. The normalized spacial score (nSPS) is 10.1. The van der Waals surface area contributed by atoms with Gasteiger partial charge in [-0.2, -0.15) is 10.4 Å². The molecule has 5 heteroatoms. The molecule has 0 bridgehead atoms. The molecule has 90 valence electrons. The monoisotopic (exact) mass is 243 g/mol. The third kappa shape index (κ3) is 2.43. The van der Waals surface area contributed by atoms with Crippen molar-refractivity contribution in [1.29, 1.82) is 5.26 Å². The first-order valence-electron chi connectivity index (χ1n) is 5.33. The minimum absolute atomic E-state index is 0.256. The van der Waals surface area contributed by atoms with Crippen LogP contribution in [-0.2, 0) is 6.54 Å². The summed E-state index contributed by atoms with van der Waals surface area (Å²) in [7, 11) is 0. The summed E-state index contributed by atoms with van der Waals surface area (Å²) in [6, 6.07) is 9.01. The van der Waals surface area contributed by atoms with Crippen molar-refractivity contribution >= 4 is 0 Å². The van der Waals surface area contributed by atoms with Crippen LogP contribution in [0.1, 0.15) is 16.8 Å². The molecule has 1 aromatic heterocycles. The highest BCUT2D eigenvalue weighted by Crippen LogP contribution is 2.04. The number of aryl methyl sites for hydroxylation is 1. The Morgan fingerprint density at radius 2 is 2.06 bits per heavy atom. The molecule has 0 spiro atoms. The van der Waals surface area contributed by atoms with E-state index in [-0.39, 0.29) is 23.5 Å². The van der Waals surface area contributed by atoms with E-state index >= 15 is 0 Å². The number of halogens is 1. The van der Waals surface area contributed by atoms with E-state index in [9.17, 15) is 9.18 Å². The highest BCUT2D eigenvalue weighted by Gasteiger charge is 2.05. The molecule has 4 nitrogen and oxygen atoms in total. The molecule has 0 N–H and O–H groups in total. The van der Waals surface area contributed by atoms with Crippen LogP contribution < -0.4 is 5.56 Å². The molecule has 1 aromatic carbocycles. The first kappa shape index (κ1) is 12.0. The first-order chi connectivity index (χ1) is 8.60. The fraction of sp³-hybridized carbons (Fsp3) is 0.154. The van der Waals surface area contributed by atoms with Crippen LogP contribution in [0.2, 0.25) is 0 Å². The molecule has 0 saturated heterocycles. The second-order valence-corrected chi connectivity index (χ2v) is 3.88. The summed E-state index contributed by atoms with van der Waals surface area (Å²) in [4.78, 5) is 11.7. The van der Waals surface area contributed by atoms with E-state index in [1.807, 2.05) is 6.07 Å². The zero-order chi connectivity index (χ0) is 13.1. The Morgan fingerprint density at radius 3 is 2.67 bits per heavy atom. The van der Waals surface area contributed by atoms with E-state index in [1.54, 1.807) is 19.1 Å². The summed E-state index contributed by atoms with van der Waals surface area (Å²) in [5.74, 6) is -0.324. The fourth-order valence-electron chi connectivity index (χ4n) is 1.58. The van der Waals surface area contributed by atoms with Gasteiger partial charge in [-0.25, -0.2) is 9.07 Å². The first-order valence-corrected chi connectivity index (χ1v) is 5.33. The van der Waals surface area contributed by atoms with Gasteiger partial charge in [0.1, 0.15) is 11.9 Å². The van der Waals surface area contributed by atoms with Gasteiger partial charge in [-0.15, -0.1) is 0 Å². The molecule has 0 aliphatic rings. The minimum Gasteiger partial charge on any atom is -0.268 e. The van der Waals surface area contributed by atoms with Crippen molar-refractivity contribution in [3.05, 3.63) is 63.3 Å². The van der Waals surface area contributed by atoms with E-state index in [0.717, 1.165) is 5.56 Å². The molecular weight excluding hydrogens is 233 g/mol. The lowest BCUT2D eigenvalue weighted by molar-refractivity contribution is 0.614. The maximum Gasteiger partial charge on any atom is 0.268 e. The predicted molar refractivity (Wildman–Crippen MR) is 63.5 cm³/mol. The van der Waals surface area contributed by atoms with Crippen LogP contribution in [0, 0.1) is 24.1 Å². The maximum absolute atomic E-state index is 12.7. The van der Waals surface area contributed by atoms with Gasteiger partial charge in [-0.1, -0.05) is 12.1 Å². The van der Waals surface area contributed by atoms with E-state index in [4.69, 9.17) is 5.26 Å². The molecule has 0 aliphatic carbocycles. The van der Waals surface area contributed by atoms with Gasteiger partial charge in [0.25, 0.3) is 5.56 Å². The summed E-state index contributed by atoms with van der Waals surface area (Å²) in [6.45, 7) is 1.92. The fourth-order valence-corrected chi connectivity index (χ4v) is 1.58. The van der Waals surface area contributed by atoms with Crippen molar-refractivity contribution in [3.8, 4) is 6.07 Å². The number of benzene rings is 1. The van der Waals surface area contributed by atoms with E-state index in [0.29, 0.717) is 5.69 Å². The van der Waals surface area contributed by atoms with Gasteiger partial charge < -0.3 is 0 Å². The van der Waals surface area contributed by atoms with Gasteiger partial charge in [-0.05, 0) is 24.6 Å². The van der Waals surface area contributed by atoms with E-state index < -0.39 is 0 Å². The van der Waals surface area contributed by atoms with Crippen LogP contribution in [0.15, 0.2) is 35.1 Å². The van der Waals surface area contributed by atoms with Gasteiger partial charge in [0.15, 0.2) is 0 Å². The molecule has 0 aliphatic heterocycles. The van der Waals surface area contributed by atoms with Crippen LogP contribution in [0.4, 0.5) is 4.39 Å². The molecular formula is C13H10FN3O. The number of rotatable bonds is 2. The Bertz CT molecular complexity index is 668. The van der Waals surface area contributed by atoms with Crippen LogP contribution in [0.25, 0.3) is 0 Å². The minimum atomic E-state index is -0.346. The van der Waals surface area contributed by atoms with Crippen LogP contribution in [-0.4, -0.2) is 9.78 Å². The predicted octanol–water partition coefficient (Wildman–Crippen LogP) is 1.61. The Labute approximate surface area is 103 Å². The molecule has 18 heavy (non-hydrogen) atoms. The molecule has 0 unspecified atom stereocenters. The topological polar surface area (TPSA) is 58.7 Å². The van der Waals surface area contributed by atoms with Gasteiger partial charge in [0.05, 0.1) is 17.8 Å². The standard InChI is InChI=1S/C13H10FN3O/c1-9-11(7-15)6-13(18)17(16-9)8-10-2-4-12(14)5-3-10/h2-6H,8H2,1H3. The summed E-state index contributed by atoms with van der Waals surface area (Å²) < 4.78 is 14.0. The number of hydrogen-bond donors (Lipinski definition) is 0. The van der Waals surface area contributed by atoms with Crippen LogP contribution >= 0.6 is 0 Å². The second-order valence-electron chi connectivity index (χ2n) is 3.88. The molecule has 0 saturated carbocycles. The average Bonchev–Trinajstić information content (AvgIpc) is 2.36. The highest BCUT2D eigenvalue weighted by molar-refractivity contribution is 5.30. The Balaban J connectivity index is 2.36. The van der Waals surface area contributed by atoms with Crippen LogP contribution in [0.5, 0.6) is 0 Å². The SMILES string of the molecule is Cc1nn(Cc2ccc(F)cc2)c(=O)cc1C#N. The number of hydrogen-bond acceptors (Lipinski definition) is 3. The second kappa shape index (κ2) is 4.80. The van der Waals surface area contributed by atoms with E-state index in [2.05, 4.69) is 5.10 Å². The highest BCUT2D eigenvalue weighted by atomic mass is 19.1. The van der Waals surface area contributed by atoms with Crippen molar-refractivity contribution in [1.82, 2.24) is 9.78 Å². The van der Waals surface area contributed by atoms with Crippen LogP contribution in [0.3, 0.4) is 0 Å². The Hall–Kier alpha value is -2.48. The lowest BCUT2D eigenvalue weighted by Gasteiger charge is -2.06. The van der Waals surface area contributed by atoms with Gasteiger partial charge in [0.2, 0.25) is 0 Å². The van der Waals surface area contributed by atoms with Crippen molar-refractivity contribution in [2.24, 2.45) is 0 Å². The van der Waals surface area contributed by atoms with Crippen molar-refractivity contribution < 1.29 is 4.39 Å². The Kier molecular flexibility index (Phi) is 3.20. The third-order valence-electron chi connectivity index (χ3n) is 2.55. The smallest absolute Gasteiger partial charge is 0.268 e. The molecule has 0 amide bonds. The summed E-state index contributed by atoms with van der Waals surface area (Å²) in [5, 5.41) is 12.8. The van der Waals surface area contributed by atoms with Gasteiger partial charge in [-0.3, -0.25) is 4.79 Å². The van der Waals surface area contributed by atoms with Crippen molar-refractivity contribution in [2.75, 3.05) is 0 Å². The van der Waals surface area contributed by atoms with E-state index in [1.165, 1.54) is 22.9 Å². The molecule has 0 radical (unpaired) electrons. The molecule has 1 heterocycles. The summed E-state index contributed by atoms with van der Waals surface area (Å²) in [6.07, 6.45) is 0.